The van der Waals surface area contributed by atoms with Gasteiger partial charge in [-0.05, 0) is 29.7 Å². The van der Waals surface area contributed by atoms with Gasteiger partial charge in [0.25, 0.3) is 0 Å². The minimum Gasteiger partial charge on any atom is -0.381 e. The Bertz CT molecular complexity index is 715. The van der Waals surface area contributed by atoms with Crippen molar-refractivity contribution in [3.63, 3.8) is 0 Å². The lowest BCUT2D eigenvalue weighted by atomic mass is 9.65. The number of hydrogen-bond donors (Lipinski definition) is 1. The van der Waals surface area contributed by atoms with Gasteiger partial charge in [-0.2, -0.15) is 0 Å². The van der Waals surface area contributed by atoms with Crippen LogP contribution in [0.25, 0.3) is 0 Å². The first-order valence-electron chi connectivity index (χ1n) is 8.38. The lowest BCUT2D eigenvalue weighted by Crippen LogP contribution is -2.50. The van der Waals surface area contributed by atoms with Crippen LogP contribution in [0.4, 0.5) is 0 Å². The molecule has 1 heterocycles. The van der Waals surface area contributed by atoms with Crippen molar-refractivity contribution in [3.8, 4) is 0 Å². The van der Waals surface area contributed by atoms with E-state index in [2.05, 4.69) is 26.2 Å². The van der Waals surface area contributed by atoms with Gasteiger partial charge in [-0.1, -0.05) is 26.2 Å². The maximum absolute atomic E-state index is 12.8. The summed E-state index contributed by atoms with van der Waals surface area (Å²) >= 11 is 0. The molecule has 0 radical (unpaired) electrons. The number of aliphatic hydroxyl groups is 1. The Kier molecular flexibility index (Phi) is 4.18. The number of fused-ring (bicyclic) bond motifs is 4. The summed E-state index contributed by atoms with van der Waals surface area (Å²) in [6, 6.07) is 2.91. The van der Waals surface area contributed by atoms with Crippen molar-refractivity contribution in [3.05, 3.63) is 35.7 Å². The predicted molar refractivity (Wildman–Crippen MR) is 93.9 cm³/mol. The van der Waals surface area contributed by atoms with Gasteiger partial charge in [0, 0.05) is 33.2 Å². The van der Waals surface area contributed by atoms with Crippen LogP contribution in [0, 0.1) is 0 Å². The zero-order valence-electron chi connectivity index (χ0n) is 14.6. The van der Waals surface area contributed by atoms with Crippen LogP contribution in [0.1, 0.15) is 34.8 Å². The number of ether oxygens (including phenoxy) is 1. The number of aromatic nitrogens is 1. The molecule has 0 spiro atoms. The Balaban J connectivity index is 1.83. The van der Waals surface area contributed by atoms with Crippen molar-refractivity contribution in [2.24, 2.45) is 0 Å². The molecule has 2 bridgehead atoms. The van der Waals surface area contributed by atoms with Crippen LogP contribution in [0.15, 0.2) is 24.4 Å². The molecule has 0 amide bonds. The SMILES string of the molecule is C=C1C(=O)C[C@]2(O)C[C@H]1c1ccn(COCC[Si](C)(C)C)c1C2=O. The van der Waals surface area contributed by atoms with E-state index >= 15 is 0 Å². The summed E-state index contributed by atoms with van der Waals surface area (Å²) in [5.74, 6) is -0.854. The van der Waals surface area contributed by atoms with Gasteiger partial charge in [-0.3, -0.25) is 9.59 Å². The van der Waals surface area contributed by atoms with Crippen molar-refractivity contribution < 1.29 is 19.4 Å². The van der Waals surface area contributed by atoms with E-state index in [0.29, 0.717) is 17.9 Å². The molecule has 1 fully saturated rings. The molecule has 1 N–H and O–H groups in total. The highest BCUT2D eigenvalue weighted by atomic mass is 28.3. The molecule has 24 heavy (non-hydrogen) atoms. The molecular weight excluding hydrogens is 322 g/mol. The Morgan fingerprint density at radius 1 is 1.42 bits per heavy atom. The number of carbonyl (C=O) groups excluding carboxylic acids is 2. The first-order chi connectivity index (χ1) is 11.1. The summed E-state index contributed by atoms with van der Waals surface area (Å²) in [5.41, 5.74) is 0.155. The molecule has 1 saturated carbocycles. The average Bonchev–Trinajstić information content (AvgIpc) is 2.89. The van der Waals surface area contributed by atoms with E-state index in [0.717, 1.165) is 11.6 Å². The van der Waals surface area contributed by atoms with E-state index < -0.39 is 13.7 Å². The molecule has 0 aliphatic heterocycles. The summed E-state index contributed by atoms with van der Waals surface area (Å²) in [7, 11) is -1.16. The number of Topliss-reactive ketones (excluding diaryl/α,β-unsaturated/α-hetero) is 2. The van der Waals surface area contributed by atoms with E-state index in [4.69, 9.17) is 4.74 Å². The molecule has 1 aromatic heterocycles. The van der Waals surface area contributed by atoms with Gasteiger partial charge in [0.1, 0.15) is 12.3 Å². The lowest BCUT2D eigenvalue weighted by Gasteiger charge is -2.40. The molecule has 6 heteroatoms. The lowest BCUT2D eigenvalue weighted by molar-refractivity contribution is -0.122. The minimum atomic E-state index is -1.59. The van der Waals surface area contributed by atoms with E-state index in [1.165, 1.54) is 0 Å². The topological polar surface area (TPSA) is 68.5 Å². The molecule has 2 aliphatic carbocycles. The van der Waals surface area contributed by atoms with Crippen molar-refractivity contribution >= 4 is 19.6 Å². The fourth-order valence-electron chi connectivity index (χ4n) is 3.48. The molecule has 3 rings (SSSR count). The quantitative estimate of drug-likeness (QED) is 0.505. The van der Waals surface area contributed by atoms with Gasteiger partial charge < -0.3 is 14.4 Å². The summed E-state index contributed by atoms with van der Waals surface area (Å²) in [5, 5.41) is 10.7. The van der Waals surface area contributed by atoms with Gasteiger partial charge in [-0.15, -0.1) is 0 Å². The van der Waals surface area contributed by atoms with Gasteiger partial charge in [0.15, 0.2) is 5.78 Å². The molecule has 0 saturated heterocycles. The summed E-state index contributed by atoms with van der Waals surface area (Å²) in [4.78, 5) is 24.8. The van der Waals surface area contributed by atoms with Gasteiger partial charge >= 0.3 is 0 Å². The number of rotatable bonds is 5. The standard InChI is InChI=1S/C18H25NO4Si/c1-12-14-9-18(22,10-15(12)20)17(21)16-13(14)5-6-19(16)11-23-7-8-24(2,3)4/h5-6,14,22H,1,7-11H2,2-4H3/t14-,18-/m1/s1. The summed E-state index contributed by atoms with van der Waals surface area (Å²) in [6.07, 6.45) is 1.89. The normalized spacial score (nSPS) is 26.7. The Morgan fingerprint density at radius 2 is 2.12 bits per heavy atom. The van der Waals surface area contributed by atoms with Gasteiger partial charge in [0.2, 0.25) is 5.78 Å². The fourth-order valence-corrected chi connectivity index (χ4v) is 4.24. The number of hydrogen-bond acceptors (Lipinski definition) is 4. The second kappa shape index (κ2) is 5.79. The van der Waals surface area contributed by atoms with E-state index in [-0.39, 0.29) is 37.1 Å². The molecule has 0 unspecified atom stereocenters. The van der Waals surface area contributed by atoms with Crippen LogP contribution in [0.5, 0.6) is 0 Å². The molecule has 2 aliphatic rings. The number of ketones is 2. The number of allylic oxidation sites excluding steroid dienone is 1. The third-order valence-electron chi connectivity index (χ3n) is 5.01. The zero-order chi connectivity index (χ0) is 17.7. The van der Waals surface area contributed by atoms with E-state index in [9.17, 15) is 14.7 Å². The highest BCUT2D eigenvalue weighted by molar-refractivity contribution is 6.76. The van der Waals surface area contributed by atoms with Crippen molar-refractivity contribution in [2.75, 3.05) is 6.61 Å². The highest BCUT2D eigenvalue weighted by Crippen LogP contribution is 2.47. The number of carbonyl (C=O) groups is 2. The Labute approximate surface area is 143 Å². The largest absolute Gasteiger partial charge is 0.381 e. The van der Waals surface area contributed by atoms with Crippen LogP contribution in [-0.4, -0.2) is 41.5 Å². The van der Waals surface area contributed by atoms with Crippen molar-refractivity contribution in [1.82, 2.24) is 4.57 Å². The summed E-state index contributed by atoms with van der Waals surface area (Å²) < 4.78 is 7.50. The van der Waals surface area contributed by atoms with Crippen molar-refractivity contribution in [1.29, 1.82) is 0 Å². The molecule has 5 nitrogen and oxygen atoms in total. The van der Waals surface area contributed by atoms with Crippen molar-refractivity contribution in [2.45, 2.75) is 56.8 Å². The van der Waals surface area contributed by atoms with Gasteiger partial charge in [0.05, 0.1) is 5.69 Å². The first-order valence-corrected chi connectivity index (χ1v) is 12.1. The van der Waals surface area contributed by atoms with Gasteiger partial charge in [-0.25, -0.2) is 0 Å². The molecule has 1 aromatic rings. The third kappa shape index (κ3) is 2.94. The van der Waals surface area contributed by atoms with Crippen LogP contribution in [-0.2, 0) is 16.3 Å². The van der Waals surface area contributed by atoms with Crippen LogP contribution in [0.2, 0.25) is 25.7 Å². The molecule has 2 atom stereocenters. The van der Waals surface area contributed by atoms with E-state index in [1.54, 1.807) is 10.8 Å². The average molecular weight is 347 g/mol. The second-order valence-electron chi connectivity index (χ2n) is 8.18. The minimum absolute atomic E-state index is 0.164. The fraction of sp³-hybridized carbons (Fsp3) is 0.556. The van der Waals surface area contributed by atoms with Crippen LogP contribution < -0.4 is 0 Å². The Morgan fingerprint density at radius 3 is 2.79 bits per heavy atom. The predicted octanol–water partition coefficient (Wildman–Crippen LogP) is 2.73. The third-order valence-corrected chi connectivity index (χ3v) is 6.71. The Hall–Kier alpha value is -1.50. The maximum Gasteiger partial charge on any atom is 0.211 e. The second-order valence-corrected chi connectivity index (χ2v) is 13.8. The smallest absolute Gasteiger partial charge is 0.211 e. The molecule has 0 aromatic carbocycles. The number of nitrogens with zero attached hydrogens (tertiary/aromatic N) is 1. The highest BCUT2D eigenvalue weighted by Gasteiger charge is 2.52. The zero-order valence-corrected chi connectivity index (χ0v) is 15.6. The summed E-state index contributed by atoms with van der Waals surface area (Å²) in [6.45, 7) is 11.7. The van der Waals surface area contributed by atoms with Crippen LogP contribution >= 0.6 is 0 Å². The monoisotopic (exact) mass is 347 g/mol. The van der Waals surface area contributed by atoms with Crippen LogP contribution in [0.3, 0.4) is 0 Å². The molecular formula is C18H25NO4Si. The maximum atomic E-state index is 12.8. The van der Waals surface area contributed by atoms with E-state index in [1.807, 2.05) is 6.07 Å². The first kappa shape index (κ1) is 17.3. The molecule has 130 valence electrons.